The number of piperidine rings is 1. The van der Waals surface area contributed by atoms with Gasteiger partial charge in [0.1, 0.15) is 5.52 Å². The van der Waals surface area contributed by atoms with E-state index in [9.17, 15) is 9.18 Å². The largest absolute Gasteiger partial charge is 0.493 e. The zero-order valence-corrected chi connectivity index (χ0v) is 18.1. The fourth-order valence-electron chi connectivity index (χ4n) is 3.86. The number of carbonyl (C=O) groups excluding carboxylic acids is 1. The van der Waals surface area contributed by atoms with Crippen molar-refractivity contribution in [1.29, 1.82) is 0 Å². The summed E-state index contributed by atoms with van der Waals surface area (Å²) in [4.78, 5) is 18.8. The first-order valence-corrected chi connectivity index (χ1v) is 10.4. The number of likely N-dealkylation sites (tertiary alicyclic amines) is 1. The van der Waals surface area contributed by atoms with Gasteiger partial charge in [-0.25, -0.2) is 4.39 Å². The van der Waals surface area contributed by atoms with Crippen molar-refractivity contribution in [3.8, 4) is 11.5 Å². The molecule has 8 heteroatoms. The number of fused-ring (bicyclic) bond motifs is 1. The molecule has 0 unspecified atom stereocenters. The maximum absolute atomic E-state index is 14.9. The minimum atomic E-state index is -0.413. The van der Waals surface area contributed by atoms with Crippen LogP contribution in [0.5, 0.6) is 11.5 Å². The molecular formula is C23H23ClFN3O3. The van der Waals surface area contributed by atoms with Crippen LogP contribution in [0.15, 0.2) is 42.6 Å². The molecule has 162 valence electrons. The molecule has 3 aromatic rings. The van der Waals surface area contributed by atoms with Gasteiger partial charge in [0.15, 0.2) is 17.3 Å². The zero-order valence-electron chi connectivity index (χ0n) is 17.3. The van der Waals surface area contributed by atoms with Crippen LogP contribution in [0, 0.1) is 5.82 Å². The molecule has 0 bridgehead atoms. The number of pyridine rings is 1. The van der Waals surface area contributed by atoms with Gasteiger partial charge in [-0.1, -0.05) is 11.6 Å². The summed E-state index contributed by atoms with van der Waals surface area (Å²) in [7, 11) is 3.10. The second-order valence-electron chi connectivity index (χ2n) is 7.40. The molecule has 1 aromatic heterocycles. The highest BCUT2D eigenvalue weighted by molar-refractivity contribution is 6.35. The monoisotopic (exact) mass is 443 g/mol. The topological polar surface area (TPSA) is 63.7 Å². The molecule has 2 aromatic carbocycles. The molecule has 1 aliphatic rings. The van der Waals surface area contributed by atoms with E-state index in [0.717, 1.165) is 0 Å². The lowest BCUT2D eigenvalue weighted by molar-refractivity contribution is 0.0718. The van der Waals surface area contributed by atoms with Crippen LogP contribution in [-0.2, 0) is 0 Å². The maximum Gasteiger partial charge on any atom is 0.253 e. The highest BCUT2D eigenvalue weighted by atomic mass is 35.5. The Labute approximate surface area is 184 Å². The average Bonchev–Trinajstić information content (AvgIpc) is 2.81. The van der Waals surface area contributed by atoms with Gasteiger partial charge in [-0.15, -0.1) is 0 Å². The molecule has 4 rings (SSSR count). The summed E-state index contributed by atoms with van der Waals surface area (Å²) in [5.74, 6) is 0.625. The molecule has 0 atom stereocenters. The van der Waals surface area contributed by atoms with Gasteiger partial charge in [-0.05, 0) is 49.2 Å². The minimum absolute atomic E-state index is 0.0561. The van der Waals surface area contributed by atoms with Crippen LogP contribution in [0.3, 0.4) is 0 Å². The third kappa shape index (κ3) is 4.23. The number of ether oxygens (including phenoxy) is 2. The molecule has 1 saturated heterocycles. The number of methoxy groups -OCH3 is 2. The van der Waals surface area contributed by atoms with Gasteiger partial charge in [-0.2, -0.15) is 0 Å². The number of benzene rings is 2. The first-order valence-electron chi connectivity index (χ1n) is 10.0. The molecule has 6 nitrogen and oxygen atoms in total. The van der Waals surface area contributed by atoms with Gasteiger partial charge in [0.05, 0.1) is 24.9 Å². The van der Waals surface area contributed by atoms with Gasteiger partial charge in [0.2, 0.25) is 0 Å². The molecule has 1 amide bonds. The SMILES string of the molecule is COc1ccc(C(=O)N2CCC(Nc3ccc4c(Cl)ccnc4c3F)CC2)cc1OC. The van der Waals surface area contributed by atoms with Crippen LogP contribution in [0.25, 0.3) is 10.9 Å². The second-order valence-corrected chi connectivity index (χ2v) is 7.80. The lowest BCUT2D eigenvalue weighted by Gasteiger charge is -2.33. The smallest absolute Gasteiger partial charge is 0.253 e. The van der Waals surface area contributed by atoms with Crippen LogP contribution >= 0.6 is 11.6 Å². The Balaban J connectivity index is 1.42. The van der Waals surface area contributed by atoms with Crippen LogP contribution in [0.4, 0.5) is 10.1 Å². The highest BCUT2D eigenvalue weighted by Crippen LogP contribution is 2.30. The zero-order chi connectivity index (χ0) is 22.0. The van der Waals surface area contributed by atoms with E-state index in [0.29, 0.717) is 59.1 Å². The van der Waals surface area contributed by atoms with Gasteiger partial charge in [0, 0.05) is 36.3 Å². The minimum Gasteiger partial charge on any atom is -0.493 e. The number of hydrogen-bond acceptors (Lipinski definition) is 5. The van der Waals surface area contributed by atoms with Crippen molar-refractivity contribution in [3.05, 3.63) is 59.0 Å². The number of amides is 1. The Bertz CT molecular complexity index is 1120. The lowest BCUT2D eigenvalue weighted by Crippen LogP contribution is -2.42. The third-order valence-electron chi connectivity index (χ3n) is 5.57. The molecule has 31 heavy (non-hydrogen) atoms. The Morgan fingerprint density at radius 3 is 2.58 bits per heavy atom. The van der Waals surface area contributed by atoms with Gasteiger partial charge < -0.3 is 19.7 Å². The molecule has 0 radical (unpaired) electrons. The standard InChI is InChI=1S/C23H23ClFN3O3/c1-30-19-6-3-14(13-20(19)31-2)23(29)28-11-8-15(9-12-28)27-18-5-4-16-17(24)7-10-26-22(16)21(18)25/h3-7,10,13,15,27H,8-9,11-12H2,1-2H3. The summed E-state index contributed by atoms with van der Waals surface area (Å²) in [6.45, 7) is 1.15. The number of halogens is 2. The van der Waals surface area contributed by atoms with E-state index in [4.69, 9.17) is 21.1 Å². The summed E-state index contributed by atoms with van der Waals surface area (Å²) in [5, 5.41) is 4.32. The Morgan fingerprint density at radius 1 is 1.13 bits per heavy atom. The first-order chi connectivity index (χ1) is 15.0. The van der Waals surface area contributed by atoms with Gasteiger partial charge in [0.25, 0.3) is 5.91 Å². The summed E-state index contributed by atoms with van der Waals surface area (Å²) in [5.41, 5.74) is 1.19. The molecule has 0 aliphatic carbocycles. The summed E-state index contributed by atoms with van der Waals surface area (Å²) >= 11 is 6.13. The first kappa shape index (κ1) is 21.2. The van der Waals surface area contributed by atoms with E-state index in [1.54, 1.807) is 55.5 Å². The highest BCUT2D eigenvalue weighted by Gasteiger charge is 2.25. The van der Waals surface area contributed by atoms with E-state index in [1.807, 2.05) is 0 Å². The normalized spacial score (nSPS) is 14.5. The van der Waals surface area contributed by atoms with Gasteiger partial charge >= 0.3 is 0 Å². The van der Waals surface area contributed by atoms with Crippen molar-refractivity contribution >= 4 is 34.1 Å². The van der Waals surface area contributed by atoms with Crippen LogP contribution in [0.1, 0.15) is 23.2 Å². The number of hydrogen-bond donors (Lipinski definition) is 1. The van der Waals surface area contributed by atoms with Crippen LogP contribution in [0.2, 0.25) is 5.02 Å². The van der Waals surface area contributed by atoms with Crippen molar-refractivity contribution in [2.75, 3.05) is 32.6 Å². The molecule has 0 saturated carbocycles. The number of aromatic nitrogens is 1. The van der Waals surface area contributed by atoms with Crippen molar-refractivity contribution in [2.45, 2.75) is 18.9 Å². The van der Waals surface area contributed by atoms with Crippen molar-refractivity contribution in [1.82, 2.24) is 9.88 Å². The Hall–Kier alpha value is -3.06. The average molecular weight is 444 g/mol. The maximum atomic E-state index is 14.9. The molecular weight excluding hydrogens is 421 g/mol. The number of rotatable bonds is 5. The van der Waals surface area contributed by atoms with Crippen LogP contribution < -0.4 is 14.8 Å². The lowest BCUT2D eigenvalue weighted by atomic mass is 10.0. The fourth-order valence-corrected chi connectivity index (χ4v) is 4.07. The van der Waals surface area contributed by atoms with Crippen molar-refractivity contribution < 1.29 is 18.7 Å². The molecule has 1 N–H and O–H groups in total. The fraction of sp³-hybridized carbons (Fsp3) is 0.304. The Morgan fingerprint density at radius 2 is 1.87 bits per heavy atom. The quantitative estimate of drug-likeness (QED) is 0.616. The predicted octanol–water partition coefficient (Wildman–Crippen LogP) is 4.76. The number of nitrogens with zero attached hydrogens (tertiary/aromatic N) is 2. The molecule has 0 spiro atoms. The third-order valence-corrected chi connectivity index (χ3v) is 5.90. The molecule has 1 aliphatic heterocycles. The van der Waals surface area contributed by atoms with Crippen molar-refractivity contribution in [2.24, 2.45) is 0 Å². The second kappa shape index (κ2) is 8.98. The van der Waals surface area contributed by atoms with E-state index < -0.39 is 5.82 Å². The number of carbonyl (C=O) groups is 1. The summed E-state index contributed by atoms with van der Waals surface area (Å²) < 4.78 is 25.4. The van der Waals surface area contributed by atoms with E-state index in [-0.39, 0.29) is 17.5 Å². The molecule has 2 heterocycles. The number of nitrogens with one attached hydrogen (secondary N) is 1. The summed E-state index contributed by atoms with van der Waals surface area (Å²) in [6, 6.07) is 10.3. The van der Waals surface area contributed by atoms with Gasteiger partial charge in [-0.3, -0.25) is 9.78 Å². The summed E-state index contributed by atoms with van der Waals surface area (Å²) in [6.07, 6.45) is 2.91. The predicted molar refractivity (Wildman–Crippen MR) is 119 cm³/mol. The van der Waals surface area contributed by atoms with E-state index >= 15 is 0 Å². The van der Waals surface area contributed by atoms with Crippen molar-refractivity contribution in [3.63, 3.8) is 0 Å². The Kier molecular flexibility index (Phi) is 6.13. The van der Waals surface area contributed by atoms with Crippen LogP contribution in [-0.4, -0.2) is 49.1 Å². The number of anilines is 1. The van der Waals surface area contributed by atoms with E-state index in [1.165, 1.54) is 6.20 Å². The molecule has 1 fully saturated rings. The van der Waals surface area contributed by atoms with E-state index in [2.05, 4.69) is 10.3 Å².